The van der Waals surface area contributed by atoms with Crippen LogP contribution in [0.25, 0.3) is 0 Å². The molecule has 0 rings (SSSR count). The van der Waals surface area contributed by atoms with E-state index in [9.17, 15) is 4.79 Å². The maximum atomic E-state index is 10.8. The summed E-state index contributed by atoms with van der Waals surface area (Å²) < 4.78 is 0. The first-order valence-corrected chi connectivity index (χ1v) is 6.02. The average molecular weight is 210 g/mol. The first kappa shape index (κ1) is 12.3. The number of carbonyl (C=O) groups excluding carboxylic acids is 1. The van der Waals surface area contributed by atoms with Gasteiger partial charge in [0.15, 0.2) is 5.12 Å². The lowest BCUT2D eigenvalue weighted by atomic mass is 10.4. The molecule has 72 valence electrons. The van der Waals surface area contributed by atoms with Crippen LogP contribution in [-0.2, 0) is 4.79 Å². The summed E-state index contributed by atoms with van der Waals surface area (Å²) in [6.45, 7) is -0.205. The van der Waals surface area contributed by atoms with Crippen LogP contribution in [0.3, 0.4) is 0 Å². The molecule has 0 aliphatic carbocycles. The maximum absolute atomic E-state index is 10.8. The molecule has 0 bridgehead atoms. The molecule has 5 heteroatoms. The van der Waals surface area contributed by atoms with Crippen molar-refractivity contribution in [1.82, 2.24) is 0 Å². The number of rotatable bonds is 6. The van der Waals surface area contributed by atoms with E-state index in [-0.39, 0.29) is 11.7 Å². The Bertz CT molecular complexity index is 130. The van der Waals surface area contributed by atoms with Crippen molar-refractivity contribution < 1.29 is 15.0 Å². The van der Waals surface area contributed by atoms with Gasteiger partial charge in [-0.15, -0.1) is 0 Å². The lowest BCUT2D eigenvalue weighted by molar-refractivity contribution is -0.110. The Morgan fingerprint density at radius 1 is 1.58 bits per heavy atom. The second-order valence-electron chi connectivity index (χ2n) is 2.24. The number of aliphatic hydroxyl groups is 2. The third-order valence-electron chi connectivity index (χ3n) is 1.20. The molecule has 1 unspecified atom stereocenters. The van der Waals surface area contributed by atoms with Gasteiger partial charge in [-0.25, -0.2) is 0 Å². The van der Waals surface area contributed by atoms with E-state index < -0.39 is 6.10 Å². The van der Waals surface area contributed by atoms with E-state index in [1.807, 2.05) is 0 Å². The second-order valence-corrected chi connectivity index (χ2v) is 4.25. The van der Waals surface area contributed by atoms with E-state index >= 15 is 0 Å². The van der Waals surface area contributed by atoms with Gasteiger partial charge in [-0.3, -0.25) is 4.79 Å². The normalized spacial score (nSPS) is 12.9. The molecule has 0 aromatic rings. The zero-order valence-corrected chi connectivity index (χ0v) is 8.66. The van der Waals surface area contributed by atoms with Crippen molar-refractivity contribution in [3.05, 3.63) is 0 Å². The maximum Gasteiger partial charge on any atom is 0.189 e. The molecule has 0 fully saturated rings. The van der Waals surface area contributed by atoms with Crippen molar-refractivity contribution in [3.63, 3.8) is 0 Å². The van der Waals surface area contributed by atoms with Crippen molar-refractivity contribution in [3.8, 4) is 0 Å². The molecule has 0 amide bonds. The summed E-state index contributed by atoms with van der Waals surface area (Å²) in [5.74, 6) is 1.22. The molecule has 0 saturated carbocycles. The van der Waals surface area contributed by atoms with E-state index in [4.69, 9.17) is 10.2 Å². The monoisotopic (exact) mass is 210 g/mol. The minimum absolute atomic E-state index is 0.168. The van der Waals surface area contributed by atoms with Gasteiger partial charge in [-0.05, 0) is 6.26 Å². The van der Waals surface area contributed by atoms with Crippen molar-refractivity contribution in [2.75, 3.05) is 24.4 Å². The fourth-order valence-corrected chi connectivity index (χ4v) is 1.84. The molecule has 0 aromatic heterocycles. The summed E-state index contributed by atoms with van der Waals surface area (Å²) in [4.78, 5) is 10.8. The predicted octanol–water partition coefficient (Wildman–Crippen LogP) is 0.353. The molecule has 3 nitrogen and oxygen atoms in total. The highest BCUT2D eigenvalue weighted by molar-refractivity contribution is 8.13. The highest BCUT2D eigenvalue weighted by atomic mass is 32.2. The van der Waals surface area contributed by atoms with Crippen molar-refractivity contribution in [2.24, 2.45) is 0 Å². The van der Waals surface area contributed by atoms with E-state index in [1.165, 1.54) is 23.5 Å². The fourth-order valence-electron chi connectivity index (χ4n) is 0.530. The van der Waals surface area contributed by atoms with Gasteiger partial charge in [0.05, 0.1) is 12.7 Å². The van der Waals surface area contributed by atoms with Gasteiger partial charge < -0.3 is 10.2 Å². The zero-order chi connectivity index (χ0) is 9.40. The van der Waals surface area contributed by atoms with E-state index in [1.54, 1.807) is 6.26 Å². The highest BCUT2D eigenvalue weighted by Crippen LogP contribution is 2.08. The topological polar surface area (TPSA) is 57.5 Å². The number of thioether (sulfide) groups is 2. The molecule has 0 saturated heterocycles. The molecule has 1 atom stereocenters. The minimum Gasteiger partial charge on any atom is -0.394 e. The number of aliphatic hydroxyl groups excluding tert-OH is 2. The smallest absolute Gasteiger partial charge is 0.189 e. The molecule has 0 spiro atoms. The highest BCUT2D eigenvalue weighted by Gasteiger charge is 2.03. The molecular formula is C7H14O3S2. The third kappa shape index (κ3) is 6.97. The van der Waals surface area contributed by atoms with Crippen LogP contribution in [0.4, 0.5) is 0 Å². The van der Waals surface area contributed by atoms with Crippen LogP contribution >= 0.6 is 23.5 Å². The first-order chi connectivity index (χ1) is 5.70. The predicted molar refractivity (Wildman–Crippen MR) is 53.6 cm³/mol. The standard InChI is InChI=1S/C7H14O3S2/c1-11-7(10)2-3-12-5-6(9)4-8/h6,8-9H,2-5H2,1H3. The number of carbonyl (C=O) groups is 1. The molecule has 0 aromatic carbocycles. The van der Waals surface area contributed by atoms with Gasteiger partial charge in [0.25, 0.3) is 0 Å². The molecule has 0 aliphatic rings. The van der Waals surface area contributed by atoms with Crippen LogP contribution in [0.1, 0.15) is 6.42 Å². The third-order valence-corrected chi connectivity index (χ3v) is 2.97. The largest absolute Gasteiger partial charge is 0.394 e. The van der Waals surface area contributed by atoms with Crippen LogP contribution < -0.4 is 0 Å². The van der Waals surface area contributed by atoms with Gasteiger partial charge in [0.2, 0.25) is 0 Å². The second kappa shape index (κ2) is 7.91. The average Bonchev–Trinajstić information content (AvgIpc) is 2.11. The number of hydrogen-bond acceptors (Lipinski definition) is 5. The lowest BCUT2D eigenvalue weighted by Gasteiger charge is -2.04. The Balaban J connectivity index is 3.15. The Morgan fingerprint density at radius 3 is 2.75 bits per heavy atom. The first-order valence-electron chi connectivity index (χ1n) is 3.64. The summed E-state index contributed by atoms with van der Waals surface area (Å²) >= 11 is 2.71. The van der Waals surface area contributed by atoms with Crippen LogP contribution in [0.2, 0.25) is 0 Å². The summed E-state index contributed by atoms with van der Waals surface area (Å²) in [6, 6.07) is 0. The SMILES string of the molecule is CSC(=O)CCSCC(O)CO. The van der Waals surface area contributed by atoms with Gasteiger partial charge in [-0.2, -0.15) is 11.8 Å². The van der Waals surface area contributed by atoms with Gasteiger partial charge >= 0.3 is 0 Å². The van der Waals surface area contributed by atoms with Gasteiger partial charge in [-0.1, -0.05) is 11.8 Å². The summed E-state index contributed by atoms with van der Waals surface area (Å²) in [7, 11) is 0. The van der Waals surface area contributed by atoms with Crippen LogP contribution in [0.5, 0.6) is 0 Å². The molecule has 0 heterocycles. The Hall–Kier alpha value is 0.290. The van der Waals surface area contributed by atoms with Crippen LogP contribution in [0, 0.1) is 0 Å². The molecular weight excluding hydrogens is 196 g/mol. The molecule has 12 heavy (non-hydrogen) atoms. The number of hydrogen-bond donors (Lipinski definition) is 2. The van der Waals surface area contributed by atoms with Gasteiger partial charge in [0.1, 0.15) is 0 Å². The van der Waals surface area contributed by atoms with Crippen molar-refractivity contribution in [1.29, 1.82) is 0 Å². The molecule has 0 radical (unpaired) electrons. The van der Waals surface area contributed by atoms with E-state index in [2.05, 4.69) is 0 Å². The Labute approximate surface area is 80.9 Å². The van der Waals surface area contributed by atoms with Crippen molar-refractivity contribution >= 4 is 28.6 Å². The quantitative estimate of drug-likeness (QED) is 0.620. The summed E-state index contributed by atoms with van der Waals surface area (Å²) in [6.07, 6.45) is 1.64. The fraction of sp³-hybridized carbons (Fsp3) is 0.857. The van der Waals surface area contributed by atoms with Gasteiger partial charge in [0, 0.05) is 17.9 Å². The molecule has 2 N–H and O–H groups in total. The lowest BCUT2D eigenvalue weighted by Crippen LogP contribution is -2.15. The van der Waals surface area contributed by atoms with E-state index in [0.29, 0.717) is 12.2 Å². The molecule has 0 aliphatic heterocycles. The van der Waals surface area contributed by atoms with E-state index in [0.717, 1.165) is 5.75 Å². The minimum atomic E-state index is -0.653. The Morgan fingerprint density at radius 2 is 2.25 bits per heavy atom. The van der Waals surface area contributed by atoms with Crippen molar-refractivity contribution in [2.45, 2.75) is 12.5 Å². The zero-order valence-electron chi connectivity index (χ0n) is 7.02. The van der Waals surface area contributed by atoms with Crippen LogP contribution in [-0.4, -0.2) is 45.8 Å². The summed E-state index contributed by atoms with van der Waals surface area (Å²) in [5, 5.41) is 17.5. The Kier molecular flexibility index (Phi) is 8.11. The summed E-state index contributed by atoms with van der Waals surface area (Å²) in [5.41, 5.74) is 0. The van der Waals surface area contributed by atoms with Crippen LogP contribution in [0.15, 0.2) is 0 Å².